The number of benzene rings is 2. The van der Waals surface area contributed by atoms with Crippen LogP contribution in [0.5, 0.6) is 11.5 Å². The molecule has 3 amide bonds. The summed E-state index contributed by atoms with van der Waals surface area (Å²) < 4.78 is 10.0. The van der Waals surface area contributed by atoms with Crippen molar-refractivity contribution in [3.05, 3.63) is 59.7 Å². The van der Waals surface area contributed by atoms with E-state index in [1.807, 2.05) is 6.07 Å². The van der Waals surface area contributed by atoms with E-state index in [2.05, 4.69) is 17.2 Å². The van der Waals surface area contributed by atoms with E-state index in [0.29, 0.717) is 12.1 Å². The van der Waals surface area contributed by atoms with E-state index >= 15 is 0 Å². The Morgan fingerprint density at radius 1 is 1.32 bits per heavy atom. The molecule has 2 aromatic carbocycles. The average molecular weight is 423 g/mol. The molecule has 9 nitrogen and oxygen atoms in total. The number of methoxy groups -OCH3 is 1. The van der Waals surface area contributed by atoms with Gasteiger partial charge in [0.15, 0.2) is 11.5 Å². The number of hydrogen-bond acceptors (Lipinski definition) is 6. The van der Waals surface area contributed by atoms with E-state index in [1.165, 1.54) is 30.2 Å². The van der Waals surface area contributed by atoms with Crippen molar-refractivity contribution >= 4 is 29.3 Å². The Labute approximate surface area is 178 Å². The third-order valence-corrected chi connectivity index (χ3v) is 5.29. The van der Waals surface area contributed by atoms with Crippen molar-refractivity contribution in [2.75, 3.05) is 24.4 Å². The molecule has 9 heteroatoms. The van der Waals surface area contributed by atoms with E-state index in [1.54, 1.807) is 12.1 Å². The highest BCUT2D eigenvalue weighted by atomic mass is 16.5. The van der Waals surface area contributed by atoms with Crippen molar-refractivity contribution in [3.63, 3.8) is 0 Å². The Kier molecular flexibility index (Phi) is 5.24. The van der Waals surface area contributed by atoms with Crippen molar-refractivity contribution in [1.82, 2.24) is 4.90 Å². The molecule has 1 atom stereocenters. The SMILES string of the molecule is C=CCOC(=O)Nc1ccc2c(c1)CN1C(=O)c3cc(OC)c(O)cc3NC(=O)[C@@H]1C2. The molecule has 0 unspecified atom stereocenters. The lowest BCUT2D eigenvalue weighted by molar-refractivity contribution is -0.120. The third-order valence-electron chi connectivity index (χ3n) is 5.29. The number of aromatic hydroxyl groups is 1. The maximum Gasteiger partial charge on any atom is 0.411 e. The highest BCUT2D eigenvalue weighted by molar-refractivity contribution is 6.10. The number of fused-ring (bicyclic) bond motifs is 3. The van der Waals surface area contributed by atoms with Gasteiger partial charge in [-0.25, -0.2) is 4.79 Å². The second-order valence-electron chi connectivity index (χ2n) is 7.21. The first-order valence-electron chi connectivity index (χ1n) is 9.60. The monoisotopic (exact) mass is 423 g/mol. The predicted molar refractivity (Wildman–Crippen MR) is 112 cm³/mol. The first-order valence-corrected chi connectivity index (χ1v) is 9.60. The van der Waals surface area contributed by atoms with Crippen LogP contribution in [0.25, 0.3) is 0 Å². The first-order chi connectivity index (χ1) is 14.9. The zero-order valence-corrected chi connectivity index (χ0v) is 16.8. The molecule has 0 fully saturated rings. The molecule has 160 valence electrons. The molecule has 0 saturated heterocycles. The van der Waals surface area contributed by atoms with Crippen LogP contribution in [0.3, 0.4) is 0 Å². The molecule has 0 aromatic heterocycles. The Morgan fingerprint density at radius 2 is 2.13 bits per heavy atom. The Bertz CT molecular complexity index is 1100. The fourth-order valence-corrected chi connectivity index (χ4v) is 3.78. The van der Waals surface area contributed by atoms with Gasteiger partial charge in [0.2, 0.25) is 5.91 Å². The molecule has 2 heterocycles. The lowest BCUT2D eigenvalue weighted by Gasteiger charge is -2.34. The summed E-state index contributed by atoms with van der Waals surface area (Å²) in [5.74, 6) is -0.720. The van der Waals surface area contributed by atoms with Gasteiger partial charge in [0, 0.05) is 24.7 Å². The maximum absolute atomic E-state index is 13.3. The molecule has 31 heavy (non-hydrogen) atoms. The van der Waals surface area contributed by atoms with Crippen molar-refractivity contribution in [3.8, 4) is 11.5 Å². The number of nitrogens with zero attached hydrogens (tertiary/aromatic N) is 1. The number of anilines is 2. The lowest BCUT2D eigenvalue weighted by atomic mass is 9.93. The fourth-order valence-electron chi connectivity index (χ4n) is 3.78. The molecule has 0 radical (unpaired) electrons. The summed E-state index contributed by atoms with van der Waals surface area (Å²) in [5, 5.41) is 15.4. The molecule has 2 aromatic rings. The summed E-state index contributed by atoms with van der Waals surface area (Å²) in [6.45, 7) is 3.77. The lowest BCUT2D eigenvalue weighted by Crippen LogP contribution is -2.48. The van der Waals surface area contributed by atoms with E-state index in [-0.39, 0.29) is 47.7 Å². The largest absolute Gasteiger partial charge is 0.504 e. The van der Waals surface area contributed by atoms with Gasteiger partial charge in [0.25, 0.3) is 5.91 Å². The van der Waals surface area contributed by atoms with Crippen molar-refractivity contribution in [2.45, 2.75) is 19.0 Å². The van der Waals surface area contributed by atoms with Gasteiger partial charge in [0.05, 0.1) is 18.4 Å². The highest BCUT2D eigenvalue weighted by Crippen LogP contribution is 2.37. The predicted octanol–water partition coefficient (Wildman–Crippen LogP) is 2.65. The number of ether oxygens (including phenoxy) is 2. The molecule has 2 aliphatic rings. The van der Waals surface area contributed by atoms with Gasteiger partial charge in [-0.05, 0) is 29.3 Å². The standard InChI is InChI=1S/C22H21N3O6/c1-3-6-31-22(29)23-14-5-4-12-8-17-20(27)24-16-10-18(26)19(30-2)9-15(16)21(28)25(17)11-13(12)7-14/h3-5,7,9-10,17,26H,1,6,8,11H2,2H3,(H,23,29)(H,24,27)/t17-/m0/s1. The van der Waals surface area contributed by atoms with Crippen LogP contribution in [-0.4, -0.2) is 47.7 Å². The van der Waals surface area contributed by atoms with E-state index in [0.717, 1.165) is 11.1 Å². The number of nitrogens with one attached hydrogen (secondary N) is 2. The summed E-state index contributed by atoms with van der Waals surface area (Å²) in [7, 11) is 1.38. The summed E-state index contributed by atoms with van der Waals surface area (Å²) in [4.78, 5) is 39.4. The number of amides is 3. The molecular formula is C22H21N3O6. The molecule has 4 rings (SSSR count). The van der Waals surface area contributed by atoms with Crippen molar-refractivity contribution in [1.29, 1.82) is 0 Å². The van der Waals surface area contributed by atoms with Crippen LogP contribution in [0.15, 0.2) is 43.0 Å². The van der Waals surface area contributed by atoms with E-state index < -0.39 is 12.1 Å². The smallest absolute Gasteiger partial charge is 0.411 e. The van der Waals surface area contributed by atoms with Crippen molar-refractivity contribution in [2.24, 2.45) is 0 Å². The normalized spacial score (nSPS) is 16.8. The van der Waals surface area contributed by atoms with Gasteiger partial charge in [0.1, 0.15) is 12.6 Å². The molecule has 3 N–H and O–H groups in total. The summed E-state index contributed by atoms with van der Waals surface area (Å²) in [6.07, 6.45) is 1.18. The third kappa shape index (κ3) is 3.77. The number of phenols is 1. The van der Waals surface area contributed by atoms with E-state index in [9.17, 15) is 19.5 Å². The van der Waals surface area contributed by atoms with Crippen LogP contribution < -0.4 is 15.4 Å². The molecule has 0 aliphatic carbocycles. The quantitative estimate of drug-likeness (QED) is 0.651. The van der Waals surface area contributed by atoms with Gasteiger partial charge in [-0.3, -0.25) is 14.9 Å². The Hall–Kier alpha value is -4.01. The second-order valence-corrected chi connectivity index (χ2v) is 7.21. The Balaban J connectivity index is 1.64. The van der Waals surface area contributed by atoms with Crippen LogP contribution in [0.4, 0.5) is 16.2 Å². The highest BCUT2D eigenvalue weighted by Gasteiger charge is 2.39. The van der Waals surface area contributed by atoms with Crippen molar-refractivity contribution < 1.29 is 29.0 Å². The molecule has 0 saturated carbocycles. The van der Waals surface area contributed by atoms with Crippen LogP contribution >= 0.6 is 0 Å². The summed E-state index contributed by atoms with van der Waals surface area (Å²) >= 11 is 0. The van der Waals surface area contributed by atoms with Gasteiger partial charge in [-0.15, -0.1) is 0 Å². The number of hydrogen-bond donors (Lipinski definition) is 3. The van der Waals surface area contributed by atoms with Crippen LogP contribution in [-0.2, 0) is 22.5 Å². The molecular weight excluding hydrogens is 402 g/mol. The summed E-state index contributed by atoms with van der Waals surface area (Å²) in [5.41, 5.74) is 2.70. The molecule has 2 aliphatic heterocycles. The van der Waals surface area contributed by atoms with E-state index in [4.69, 9.17) is 9.47 Å². The fraction of sp³-hybridized carbons (Fsp3) is 0.227. The number of rotatable bonds is 4. The van der Waals surface area contributed by atoms with Gasteiger partial charge >= 0.3 is 6.09 Å². The van der Waals surface area contributed by atoms with Crippen LogP contribution in [0.1, 0.15) is 21.5 Å². The number of carbonyl (C=O) groups excluding carboxylic acids is 3. The topological polar surface area (TPSA) is 117 Å². The number of carbonyl (C=O) groups is 3. The molecule has 0 spiro atoms. The zero-order valence-electron chi connectivity index (χ0n) is 16.8. The minimum Gasteiger partial charge on any atom is -0.504 e. The second kappa shape index (κ2) is 8.02. The van der Waals surface area contributed by atoms with Gasteiger partial charge in [-0.2, -0.15) is 0 Å². The maximum atomic E-state index is 13.3. The van der Waals surface area contributed by atoms with Gasteiger partial charge < -0.3 is 24.8 Å². The van der Waals surface area contributed by atoms with Gasteiger partial charge in [-0.1, -0.05) is 18.7 Å². The minimum atomic E-state index is -0.697. The zero-order chi connectivity index (χ0) is 22.1. The minimum absolute atomic E-state index is 0.0915. The molecule has 0 bridgehead atoms. The first kappa shape index (κ1) is 20.3. The summed E-state index contributed by atoms with van der Waals surface area (Å²) in [6, 6.07) is 7.33. The van der Waals surface area contributed by atoms with Crippen LogP contribution in [0, 0.1) is 0 Å². The van der Waals surface area contributed by atoms with Crippen LogP contribution in [0.2, 0.25) is 0 Å². The average Bonchev–Trinajstić information content (AvgIpc) is 2.84. The number of phenolic OH excluding ortho intramolecular Hbond substituents is 1. The Morgan fingerprint density at radius 3 is 2.87 bits per heavy atom.